The zero-order chi connectivity index (χ0) is 24.8. The van der Waals surface area contributed by atoms with Crippen LogP contribution in [0.4, 0.5) is 5.82 Å². The minimum absolute atomic E-state index is 0.199. The van der Waals surface area contributed by atoms with E-state index in [1.165, 1.54) is 11.1 Å². The summed E-state index contributed by atoms with van der Waals surface area (Å²) in [5.74, 6) is 1.24. The molecule has 0 spiro atoms. The quantitative estimate of drug-likeness (QED) is 0.533. The van der Waals surface area contributed by atoms with Gasteiger partial charge in [-0.15, -0.1) is 0 Å². The van der Waals surface area contributed by atoms with Crippen molar-refractivity contribution in [1.82, 2.24) is 24.6 Å². The van der Waals surface area contributed by atoms with Gasteiger partial charge >= 0.3 is 12.0 Å². The fraction of sp³-hybridized carbons (Fsp3) is 0.538. The number of aliphatic carboxylic acids is 1. The molecular formula is C26H32N6O4. The number of likely N-dealkylation sites (tertiary alicyclic amines) is 1. The fourth-order valence-electron chi connectivity index (χ4n) is 5.98. The summed E-state index contributed by atoms with van der Waals surface area (Å²) in [5, 5.41) is 14.8. The topological polar surface area (TPSA) is 106 Å². The van der Waals surface area contributed by atoms with Crippen LogP contribution in [0, 0.1) is 6.92 Å². The van der Waals surface area contributed by atoms with Crippen molar-refractivity contribution in [2.75, 3.05) is 44.8 Å². The maximum absolute atomic E-state index is 10.9. The highest BCUT2D eigenvalue weighted by Crippen LogP contribution is 2.35. The van der Waals surface area contributed by atoms with E-state index in [0.29, 0.717) is 30.3 Å². The molecule has 2 bridgehead atoms. The number of methoxy groups -OCH3 is 1. The van der Waals surface area contributed by atoms with E-state index in [4.69, 9.17) is 19.7 Å². The number of rotatable bonds is 7. The summed E-state index contributed by atoms with van der Waals surface area (Å²) in [4.78, 5) is 24.8. The molecule has 0 unspecified atom stereocenters. The van der Waals surface area contributed by atoms with Gasteiger partial charge in [-0.1, -0.05) is 0 Å². The molecule has 0 saturated carbocycles. The van der Waals surface area contributed by atoms with E-state index in [1.807, 2.05) is 16.9 Å². The van der Waals surface area contributed by atoms with Crippen molar-refractivity contribution in [2.24, 2.45) is 0 Å². The number of hydrogen-bond donors (Lipinski definition) is 1. The third kappa shape index (κ3) is 4.28. The molecule has 0 amide bonds. The van der Waals surface area contributed by atoms with Gasteiger partial charge in [0.25, 0.3) is 0 Å². The summed E-state index contributed by atoms with van der Waals surface area (Å²) >= 11 is 0. The molecule has 3 fully saturated rings. The molecule has 3 aromatic rings. The van der Waals surface area contributed by atoms with Crippen LogP contribution in [0.1, 0.15) is 42.7 Å². The van der Waals surface area contributed by atoms with E-state index >= 15 is 0 Å². The average molecular weight is 493 g/mol. The Hall–Kier alpha value is -3.24. The molecule has 2 atom stereocenters. The second-order valence-electron chi connectivity index (χ2n) is 10.2. The van der Waals surface area contributed by atoms with Crippen molar-refractivity contribution >= 4 is 22.7 Å². The molecule has 3 saturated heterocycles. The number of piperidine rings is 1. The first-order chi connectivity index (χ1) is 17.5. The molecule has 36 heavy (non-hydrogen) atoms. The number of hydrogen-bond acceptors (Lipinski definition) is 8. The average Bonchev–Trinajstić information content (AvgIpc) is 3.63. The van der Waals surface area contributed by atoms with Crippen LogP contribution < -0.4 is 9.64 Å². The van der Waals surface area contributed by atoms with Gasteiger partial charge in [0.1, 0.15) is 5.82 Å². The van der Waals surface area contributed by atoms with Crippen molar-refractivity contribution in [3.63, 3.8) is 0 Å². The van der Waals surface area contributed by atoms with Crippen molar-refractivity contribution in [2.45, 2.75) is 50.7 Å². The number of carboxylic acids is 1. The predicted molar refractivity (Wildman–Crippen MR) is 134 cm³/mol. The number of benzene rings is 1. The Morgan fingerprint density at radius 3 is 2.69 bits per heavy atom. The molecule has 3 aliphatic rings. The molecule has 1 aromatic carbocycles. The van der Waals surface area contributed by atoms with Gasteiger partial charge in [-0.05, 0) is 68.5 Å². The molecule has 5 heterocycles. The third-order valence-electron chi connectivity index (χ3n) is 7.90. The Morgan fingerprint density at radius 2 is 2.00 bits per heavy atom. The van der Waals surface area contributed by atoms with Crippen LogP contribution in [0.15, 0.2) is 24.4 Å². The molecule has 3 aliphatic heterocycles. The van der Waals surface area contributed by atoms with Crippen LogP contribution in [-0.4, -0.2) is 87.8 Å². The smallest absolute Gasteiger partial charge is 0.320 e. The minimum Gasteiger partial charge on any atom is -0.481 e. The van der Waals surface area contributed by atoms with Crippen LogP contribution in [0.5, 0.6) is 6.01 Å². The zero-order valence-electron chi connectivity index (χ0n) is 20.8. The van der Waals surface area contributed by atoms with E-state index < -0.39 is 5.97 Å². The van der Waals surface area contributed by atoms with Crippen molar-refractivity contribution < 1.29 is 19.4 Å². The second kappa shape index (κ2) is 9.33. The SMILES string of the molecule is COc1nc(N2C[C@H]3C[C@@H]2CO3)cc(-n2ncc3cc(C)c(C4CCN(CCC(=O)O)CC4)cc32)n1. The number of carbonyl (C=O) groups is 1. The number of carboxylic acid groups (broad SMARTS) is 1. The molecule has 6 rings (SSSR count). The van der Waals surface area contributed by atoms with Crippen molar-refractivity contribution in [3.8, 4) is 11.8 Å². The number of ether oxygens (including phenoxy) is 2. The normalized spacial score (nSPS) is 22.6. The van der Waals surface area contributed by atoms with Crippen molar-refractivity contribution in [3.05, 3.63) is 35.5 Å². The van der Waals surface area contributed by atoms with Gasteiger partial charge in [0, 0.05) is 24.5 Å². The monoisotopic (exact) mass is 492 g/mol. The zero-order valence-corrected chi connectivity index (χ0v) is 20.8. The van der Waals surface area contributed by atoms with Gasteiger partial charge in [0.05, 0.1) is 44.0 Å². The summed E-state index contributed by atoms with van der Waals surface area (Å²) in [5.41, 5.74) is 3.61. The summed E-state index contributed by atoms with van der Waals surface area (Å²) in [6.07, 6.45) is 5.43. The Balaban J connectivity index is 1.30. The first kappa shape index (κ1) is 23.2. The van der Waals surface area contributed by atoms with Crippen LogP contribution in [0.25, 0.3) is 16.7 Å². The third-order valence-corrected chi connectivity index (χ3v) is 7.90. The first-order valence-electron chi connectivity index (χ1n) is 12.7. The van der Waals surface area contributed by atoms with Gasteiger partial charge in [-0.2, -0.15) is 15.1 Å². The number of anilines is 1. The minimum atomic E-state index is -0.734. The standard InChI is InChI=1S/C26H32N6O4/c1-16-9-18-13-27-32(22(18)11-21(16)17-3-6-30(7-4-17)8-5-25(33)34)24-12-23(28-26(29-24)35-2)31-14-20-10-19(31)15-36-20/h9,11-13,17,19-20H,3-8,10,14-15H2,1-2H3,(H,33,34)/t19-,20-/m1/s1. The highest BCUT2D eigenvalue weighted by atomic mass is 16.5. The lowest BCUT2D eigenvalue weighted by molar-refractivity contribution is -0.137. The van der Waals surface area contributed by atoms with Crippen LogP contribution in [-0.2, 0) is 9.53 Å². The van der Waals surface area contributed by atoms with Crippen LogP contribution in [0.2, 0.25) is 0 Å². The molecule has 10 heteroatoms. The summed E-state index contributed by atoms with van der Waals surface area (Å²) in [6, 6.07) is 7.13. The number of aromatic nitrogens is 4. The fourth-order valence-corrected chi connectivity index (χ4v) is 5.98. The maximum atomic E-state index is 10.9. The van der Waals surface area contributed by atoms with E-state index in [1.54, 1.807) is 7.11 Å². The summed E-state index contributed by atoms with van der Waals surface area (Å²) < 4.78 is 13.1. The lowest BCUT2D eigenvalue weighted by Crippen LogP contribution is -2.37. The number of nitrogens with zero attached hydrogens (tertiary/aromatic N) is 6. The van der Waals surface area contributed by atoms with E-state index in [9.17, 15) is 4.79 Å². The Labute approximate surface area is 209 Å². The summed E-state index contributed by atoms with van der Waals surface area (Å²) in [7, 11) is 1.59. The van der Waals surface area contributed by atoms with Gasteiger partial charge in [-0.25, -0.2) is 4.68 Å². The molecule has 190 valence electrons. The Morgan fingerprint density at radius 1 is 1.19 bits per heavy atom. The Bertz CT molecular complexity index is 1280. The highest BCUT2D eigenvalue weighted by molar-refractivity contribution is 5.82. The molecule has 0 aliphatic carbocycles. The number of aryl methyl sites for hydroxylation is 1. The maximum Gasteiger partial charge on any atom is 0.320 e. The number of morpholine rings is 1. The van der Waals surface area contributed by atoms with Gasteiger partial charge in [0.15, 0.2) is 5.82 Å². The largest absolute Gasteiger partial charge is 0.481 e. The predicted octanol–water partition coefficient (Wildman–Crippen LogP) is 2.76. The van der Waals surface area contributed by atoms with Gasteiger partial charge in [0.2, 0.25) is 0 Å². The molecule has 10 nitrogen and oxygen atoms in total. The molecular weight excluding hydrogens is 460 g/mol. The highest BCUT2D eigenvalue weighted by Gasteiger charge is 2.40. The van der Waals surface area contributed by atoms with E-state index in [0.717, 1.165) is 62.2 Å². The van der Waals surface area contributed by atoms with Gasteiger partial charge < -0.3 is 24.4 Å². The molecule has 2 aromatic heterocycles. The first-order valence-corrected chi connectivity index (χ1v) is 12.7. The molecule has 0 radical (unpaired) electrons. The number of fused-ring (bicyclic) bond motifs is 3. The van der Waals surface area contributed by atoms with Crippen LogP contribution >= 0.6 is 0 Å². The van der Waals surface area contributed by atoms with E-state index in [-0.39, 0.29) is 12.5 Å². The lowest BCUT2D eigenvalue weighted by atomic mass is 9.86. The van der Waals surface area contributed by atoms with Gasteiger partial charge in [-0.3, -0.25) is 4.79 Å². The summed E-state index contributed by atoms with van der Waals surface area (Å²) in [6.45, 7) is 6.19. The van der Waals surface area contributed by atoms with Crippen LogP contribution in [0.3, 0.4) is 0 Å². The molecule has 1 N–H and O–H groups in total. The van der Waals surface area contributed by atoms with Crippen molar-refractivity contribution in [1.29, 1.82) is 0 Å². The lowest BCUT2D eigenvalue weighted by Gasteiger charge is -2.32. The Kier molecular flexibility index (Phi) is 6.00. The van der Waals surface area contributed by atoms with E-state index in [2.05, 4.69) is 38.8 Å². The second-order valence-corrected chi connectivity index (χ2v) is 10.2.